The van der Waals surface area contributed by atoms with Crippen molar-refractivity contribution in [2.75, 3.05) is 49.1 Å². The van der Waals surface area contributed by atoms with Crippen LogP contribution in [0.4, 0.5) is 64.1 Å². The molecule has 256 valence electrons. The highest BCUT2D eigenvalue weighted by Gasteiger charge is 2.37. The molecule has 1 N–H and O–H groups in total. The Morgan fingerprint density at radius 3 is 1.51 bits per heavy atom. The Hall–Kier alpha value is -5.04. The van der Waals surface area contributed by atoms with Gasteiger partial charge in [-0.05, 0) is 41.9 Å². The van der Waals surface area contributed by atoms with E-state index in [0.717, 1.165) is 31.2 Å². The van der Waals surface area contributed by atoms with Crippen molar-refractivity contribution in [3.63, 3.8) is 0 Å². The van der Waals surface area contributed by atoms with Gasteiger partial charge in [0.1, 0.15) is 13.1 Å². The molecule has 0 aromatic heterocycles. The fourth-order valence-electron chi connectivity index (χ4n) is 3.73. The molecule has 2 aromatic carbocycles. The van der Waals surface area contributed by atoms with E-state index in [4.69, 9.17) is 16.1 Å². The van der Waals surface area contributed by atoms with Crippen LogP contribution in [0, 0.1) is 22.7 Å². The van der Waals surface area contributed by atoms with Crippen LogP contribution in [0.15, 0.2) is 41.5 Å². The van der Waals surface area contributed by atoms with Crippen LogP contribution in [0.5, 0.6) is 0 Å². The maximum Gasteiger partial charge on any atom is 0.417 e. The summed E-state index contributed by atoms with van der Waals surface area (Å²) >= 11 is 0. The predicted molar refractivity (Wildman–Crippen MR) is 142 cm³/mol. The maximum absolute atomic E-state index is 12.9. The zero-order valence-corrected chi connectivity index (χ0v) is 23.8. The summed E-state index contributed by atoms with van der Waals surface area (Å²) in [5.74, 6) is -0.474. The molecule has 47 heavy (non-hydrogen) atoms. The number of anilines is 2. The van der Waals surface area contributed by atoms with E-state index < -0.39 is 72.5 Å². The Labute approximate surface area is 258 Å². The van der Waals surface area contributed by atoms with Crippen LogP contribution < -0.4 is 15.1 Å². The molecule has 0 aliphatic heterocycles. The number of nitrogens with zero attached hydrogens (tertiary/aromatic N) is 7. The van der Waals surface area contributed by atoms with Gasteiger partial charge in [-0.2, -0.15) is 63.2 Å². The molecule has 0 aliphatic rings. The molecule has 0 aliphatic carbocycles. The molecule has 0 saturated carbocycles. The third-order valence-electron chi connectivity index (χ3n) is 5.62. The average molecular weight is 690 g/mol. The van der Waals surface area contributed by atoms with Crippen LogP contribution in [0.1, 0.15) is 29.2 Å². The monoisotopic (exact) mass is 690 g/mol. The molecule has 0 spiro atoms. The highest BCUT2D eigenvalue weighted by atomic mass is 19.4. The molecule has 9 nitrogen and oxygen atoms in total. The minimum Gasteiger partial charge on any atom is -0.362 e. The summed E-state index contributed by atoms with van der Waals surface area (Å²) in [5.41, 5.74) is 3.41. The lowest BCUT2D eigenvalue weighted by Gasteiger charge is -2.27. The summed E-state index contributed by atoms with van der Waals surface area (Å²) in [4.78, 5) is 14.4. The Morgan fingerprint density at radius 2 is 1.19 bits per heavy atom. The SMILES string of the molecule is CC(=O)NCCN(CC(F)(F)F)c1ccc(C#N)c(C(F)(F)F)c1.N#Cc1ccc(N(CCN=[N+]=[N-])CC(F)(F)F)cc1C(F)(F)F. The number of nitriles is 2. The van der Waals surface area contributed by atoms with Gasteiger partial charge >= 0.3 is 24.7 Å². The third-order valence-corrected chi connectivity index (χ3v) is 5.62. The van der Waals surface area contributed by atoms with Gasteiger partial charge < -0.3 is 15.1 Å². The first kappa shape index (κ1) is 40.0. The summed E-state index contributed by atoms with van der Waals surface area (Å²) in [6.07, 6.45) is -19.1. The van der Waals surface area contributed by atoms with E-state index in [2.05, 4.69) is 15.3 Å². The first-order valence-corrected chi connectivity index (χ1v) is 12.6. The van der Waals surface area contributed by atoms with Crippen molar-refractivity contribution in [1.82, 2.24) is 5.32 Å². The Balaban J connectivity index is 0.000000470. The van der Waals surface area contributed by atoms with Crippen LogP contribution in [0.25, 0.3) is 10.4 Å². The van der Waals surface area contributed by atoms with Crippen LogP contribution >= 0.6 is 0 Å². The van der Waals surface area contributed by atoms with Crippen molar-refractivity contribution in [3.05, 3.63) is 69.1 Å². The Kier molecular flexibility index (Phi) is 14.0. The largest absolute Gasteiger partial charge is 0.417 e. The van der Waals surface area contributed by atoms with Gasteiger partial charge in [0.15, 0.2) is 0 Å². The van der Waals surface area contributed by atoms with Gasteiger partial charge in [0, 0.05) is 49.4 Å². The van der Waals surface area contributed by atoms with Gasteiger partial charge in [0.05, 0.1) is 34.4 Å². The summed E-state index contributed by atoms with van der Waals surface area (Å²) in [6, 6.07) is 7.28. The summed E-state index contributed by atoms with van der Waals surface area (Å²) < 4.78 is 153. The molecule has 0 saturated heterocycles. The third kappa shape index (κ3) is 14.3. The highest BCUT2D eigenvalue weighted by Crippen LogP contribution is 2.36. The normalized spacial score (nSPS) is 11.6. The number of azide groups is 1. The smallest absolute Gasteiger partial charge is 0.362 e. The lowest BCUT2D eigenvalue weighted by Crippen LogP contribution is -2.39. The fourth-order valence-corrected chi connectivity index (χ4v) is 3.73. The van der Waals surface area contributed by atoms with E-state index in [1.165, 1.54) is 12.1 Å². The van der Waals surface area contributed by atoms with Gasteiger partial charge in [-0.3, -0.25) is 4.79 Å². The number of benzene rings is 2. The van der Waals surface area contributed by atoms with E-state index in [1.807, 2.05) is 0 Å². The van der Waals surface area contributed by atoms with Gasteiger partial charge in [0.25, 0.3) is 0 Å². The maximum atomic E-state index is 12.9. The highest BCUT2D eigenvalue weighted by molar-refractivity contribution is 5.72. The number of hydrogen-bond donors (Lipinski definition) is 1. The van der Waals surface area contributed by atoms with Crippen LogP contribution in [-0.2, 0) is 17.1 Å². The number of carbonyl (C=O) groups excluding carboxylic acids is 1. The zero-order chi connectivity index (χ0) is 36.2. The van der Waals surface area contributed by atoms with E-state index in [-0.39, 0.29) is 31.0 Å². The van der Waals surface area contributed by atoms with Crippen molar-refractivity contribution in [2.45, 2.75) is 31.6 Å². The summed E-state index contributed by atoms with van der Waals surface area (Å²) in [6.45, 7) is -3.14. The molecule has 2 aromatic rings. The number of halogens is 12. The molecule has 1 amide bonds. The Bertz CT molecular complexity index is 1500. The molecule has 0 unspecified atom stereocenters. The van der Waals surface area contributed by atoms with Crippen LogP contribution in [0.3, 0.4) is 0 Å². The predicted octanol–water partition coefficient (Wildman–Crippen LogP) is 7.34. The molecule has 0 bridgehead atoms. The second-order valence-electron chi connectivity index (χ2n) is 9.19. The molecule has 0 atom stereocenters. The van der Waals surface area contributed by atoms with Gasteiger partial charge in [-0.15, -0.1) is 0 Å². The first-order valence-electron chi connectivity index (χ1n) is 12.6. The zero-order valence-electron chi connectivity index (χ0n) is 23.8. The molecule has 2 rings (SSSR count). The number of rotatable bonds is 10. The second kappa shape index (κ2) is 16.5. The van der Waals surface area contributed by atoms with Crippen molar-refractivity contribution in [3.8, 4) is 12.1 Å². The van der Waals surface area contributed by atoms with E-state index in [1.54, 1.807) is 0 Å². The minimum atomic E-state index is -4.88. The summed E-state index contributed by atoms with van der Waals surface area (Å²) in [7, 11) is 0. The van der Waals surface area contributed by atoms with E-state index >= 15 is 0 Å². The minimum absolute atomic E-state index is 0.174. The van der Waals surface area contributed by atoms with Crippen LogP contribution in [0.2, 0.25) is 0 Å². The van der Waals surface area contributed by atoms with Crippen LogP contribution in [-0.4, -0.2) is 57.5 Å². The van der Waals surface area contributed by atoms with Crippen molar-refractivity contribution in [1.29, 1.82) is 10.5 Å². The second-order valence-corrected chi connectivity index (χ2v) is 9.19. The molecule has 0 radical (unpaired) electrons. The van der Waals surface area contributed by atoms with Crippen molar-refractivity contribution in [2.24, 2.45) is 5.11 Å². The first-order chi connectivity index (χ1) is 21.5. The van der Waals surface area contributed by atoms with E-state index in [0.29, 0.717) is 21.9 Å². The standard InChI is InChI=1S/C14H13F6N3O.C12H9F6N5/c1-9(24)22-4-5-23(8-13(15,16)17)11-3-2-10(7-21)12(6-11)14(18,19)20;13-11(14,15)7-23(4-3-21-22-20)9-2-1-8(6-19)10(5-9)12(16,17)18/h2-3,6H,4-5,8H2,1H3,(H,22,24);1-2,5H,3-4,7H2. The van der Waals surface area contributed by atoms with Gasteiger partial charge in [-0.25, -0.2) is 0 Å². The fraction of sp³-hybridized carbons (Fsp3) is 0.423. The molecule has 21 heteroatoms. The lowest BCUT2D eigenvalue weighted by molar-refractivity contribution is -0.138. The lowest BCUT2D eigenvalue weighted by atomic mass is 10.1. The average Bonchev–Trinajstić information content (AvgIpc) is 2.93. The topological polar surface area (TPSA) is 132 Å². The summed E-state index contributed by atoms with van der Waals surface area (Å²) in [5, 5.41) is 22.7. The molecule has 0 heterocycles. The number of carbonyl (C=O) groups is 1. The van der Waals surface area contributed by atoms with Gasteiger partial charge in [0.2, 0.25) is 5.91 Å². The number of hydrogen-bond acceptors (Lipinski definition) is 6. The quantitative estimate of drug-likeness (QED) is 0.121. The van der Waals surface area contributed by atoms with Crippen molar-refractivity contribution >= 4 is 17.3 Å². The van der Waals surface area contributed by atoms with Gasteiger partial charge in [-0.1, -0.05) is 5.11 Å². The number of nitrogens with one attached hydrogen (secondary N) is 1. The Morgan fingerprint density at radius 1 is 0.787 bits per heavy atom. The molecule has 0 fully saturated rings. The number of amides is 1. The van der Waals surface area contributed by atoms with Crippen molar-refractivity contribution < 1.29 is 57.5 Å². The molecular weight excluding hydrogens is 668 g/mol. The van der Waals surface area contributed by atoms with E-state index in [9.17, 15) is 57.5 Å². The number of alkyl halides is 12. The molecular formula is C26H22F12N8O.